The molecule has 0 aromatic carbocycles. The largest absolute Gasteiger partial charge is 0.335 e. The number of likely N-dealkylation sites (tertiary alicyclic amines) is 1. The summed E-state index contributed by atoms with van der Waals surface area (Å²) in [6.45, 7) is 0.472. The van der Waals surface area contributed by atoms with Crippen molar-refractivity contribution in [2.45, 2.75) is 18.2 Å². The molecule has 0 radical (unpaired) electrons. The SMILES string of the molecule is NS(=O)(=O)C1CC(=O)N(Cc2ccccn2)C1. The molecule has 0 spiro atoms. The zero-order valence-electron chi connectivity index (χ0n) is 9.11. The van der Waals surface area contributed by atoms with E-state index in [2.05, 4.69) is 4.98 Å². The third kappa shape index (κ3) is 2.80. The van der Waals surface area contributed by atoms with Crippen molar-refractivity contribution >= 4 is 15.9 Å². The van der Waals surface area contributed by atoms with Crippen molar-refractivity contribution in [1.29, 1.82) is 0 Å². The first-order valence-electron chi connectivity index (χ1n) is 5.16. The van der Waals surface area contributed by atoms with Gasteiger partial charge in [-0.3, -0.25) is 9.78 Å². The Morgan fingerprint density at radius 2 is 2.24 bits per heavy atom. The minimum atomic E-state index is -3.64. The Morgan fingerprint density at radius 3 is 2.76 bits per heavy atom. The smallest absolute Gasteiger partial charge is 0.224 e. The highest BCUT2D eigenvalue weighted by Crippen LogP contribution is 2.18. The lowest BCUT2D eigenvalue weighted by molar-refractivity contribution is -0.128. The van der Waals surface area contributed by atoms with E-state index in [1.165, 1.54) is 4.90 Å². The number of rotatable bonds is 3. The molecule has 1 amide bonds. The molecular formula is C10H13N3O3S. The van der Waals surface area contributed by atoms with Gasteiger partial charge in [-0.05, 0) is 12.1 Å². The topological polar surface area (TPSA) is 93.4 Å². The van der Waals surface area contributed by atoms with E-state index in [0.29, 0.717) is 6.54 Å². The van der Waals surface area contributed by atoms with Gasteiger partial charge in [0.25, 0.3) is 0 Å². The number of carbonyl (C=O) groups excluding carboxylic acids is 1. The van der Waals surface area contributed by atoms with Crippen molar-refractivity contribution in [2.24, 2.45) is 5.14 Å². The molecule has 1 saturated heterocycles. The van der Waals surface area contributed by atoms with Crippen molar-refractivity contribution in [2.75, 3.05) is 6.54 Å². The molecule has 1 aromatic heterocycles. The number of pyridine rings is 1. The van der Waals surface area contributed by atoms with E-state index in [-0.39, 0.29) is 18.9 Å². The van der Waals surface area contributed by atoms with Crippen LogP contribution in [-0.4, -0.2) is 36.0 Å². The molecule has 0 saturated carbocycles. The monoisotopic (exact) mass is 255 g/mol. The van der Waals surface area contributed by atoms with E-state index < -0.39 is 15.3 Å². The number of nitrogens with two attached hydrogens (primary N) is 1. The highest BCUT2D eigenvalue weighted by Gasteiger charge is 2.36. The number of sulfonamides is 1. The highest BCUT2D eigenvalue weighted by molar-refractivity contribution is 7.89. The van der Waals surface area contributed by atoms with Gasteiger partial charge >= 0.3 is 0 Å². The van der Waals surface area contributed by atoms with Gasteiger partial charge in [0.1, 0.15) is 5.25 Å². The Labute approximate surface area is 99.5 Å². The summed E-state index contributed by atoms with van der Waals surface area (Å²) < 4.78 is 22.3. The van der Waals surface area contributed by atoms with Gasteiger partial charge in [-0.25, -0.2) is 13.6 Å². The summed E-state index contributed by atoms with van der Waals surface area (Å²) in [6, 6.07) is 5.39. The predicted molar refractivity (Wildman–Crippen MR) is 61.2 cm³/mol. The van der Waals surface area contributed by atoms with Crippen molar-refractivity contribution in [3.8, 4) is 0 Å². The van der Waals surface area contributed by atoms with Crippen LogP contribution in [0.1, 0.15) is 12.1 Å². The van der Waals surface area contributed by atoms with E-state index in [1.807, 2.05) is 6.07 Å². The van der Waals surface area contributed by atoms with Gasteiger partial charge in [0, 0.05) is 19.2 Å². The Hall–Kier alpha value is -1.47. The Balaban J connectivity index is 2.07. The van der Waals surface area contributed by atoms with Crippen LogP contribution in [0.25, 0.3) is 0 Å². The Bertz CT molecular complexity index is 515. The van der Waals surface area contributed by atoms with Crippen LogP contribution in [0.15, 0.2) is 24.4 Å². The van der Waals surface area contributed by atoms with Crippen molar-refractivity contribution < 1.29 is 13.2 Å². The third-order valence-electron chi connectivity index (χ3n) is 2.72. The molecule has 0 bridgehead atoms. The Kier molecular flexibility index (Phi) is 3.12. The van der Waals surface area contributed by atoms with Crippen LogP contribution in [0, 0.1) is 0 Å². The zero-order chi connectivity index (χ0) is 12.5. The molecule has 1 aliphatic heterocycles. The average molecular weight is 255 g/mol. The fraction of sp³-hybridized carbons (Fsp3) is 0.400. The molecule has 17 heavy (non-hydrogen) atoms. The first kappa shape index (κ1) is 12.0. The molecule has 6 nitrogen and oxygen atoms in total. The zero-order valence-corrected chi connectivity index (χ0v) is 9.93. The van der Waals surface area contributed by atoms with Crippen LogP contribution >= 0.6 is 0 Å². The van der Waals surface area contributed by atoms with Gasteiger partial charge < -0.3 is 4.90 Å². The number of hydrogen-bond donors (Lipinski definition) is 1. The number of primary sulfonamides is 1. The fourth-order valence-corrected chi connectivity index (χ4v) is 2.56. The van der Waals surface area contributed by atoms with Gasteiger partial charge in [0.05, 0.1) is 12.2 Å². The van der Waals surface area contributed by atoms with Crippen molar-refractivity contribution in [1.82, 2.24) is 9.88 Å². The van der Waals surface area contributed by atoms with E-state index in [4.69, 9.17) is 5.14 Å². The van der Waals surface area contributed by atoms with Crippen LogP contribution in [0.3, 0.4) is 0 Å². The van der Waals surface area contributed by atoms with E-state index in [0.717, 1.165) is 5.69 Å². The van der Waals surface area contributed by atoms with Gasteiger partial charge in [0.15, 0.2) is 0 Å². The molecule has 7 heteroatoms. The molecular weight excluding hydrogens is 242 g/mol. The highest BCUT2D eigenvalue weighted by atomic mass is 32.2. The van der Waals surface area contributed by atoms with E-state index >= 15 is 0 Å². The van der Waals surface area contributed by atoms with Crippen molar-refractivity contribution in [3.05, 3.63) is 30.1 Å². The second kappa shape index (κ2) is 4.42. The second-order valence-electron chi connectivity index (χ2n) is 4.01. The van der Waals surface area contributed by atoms with Gasteiger partial charge in [-0.2, -0.15) is 0 Å². The summed E-state index contributed by atoms with van der Waals surface area (Å²) >= 11 is 0. The molecule has 1 aliphatic rings. The molecule has 1 unspecified atom stereocenters. The van der Waals surface area contributed by atoms with Gasteiger partial charge in [-0.1, -0.05) is 6.07 Å². The lowest BCUT2D eigenvalue weighted by Gasteiger charge is -2.15. The summed E-state index contributed by atoms with van der Waals surface area (Å²) in [6.07, 6.45) is 1.60. The number of aromatic nitrogens is 1. The summed E-state index contributed by atoms with van der Waals surface area (Å²) in [7, 11) is -3.64. The second-order valence-corrected chi connectivity index (χ2v) is 5.86. The molecule has 2 rings (SSSR count). The maximum Gasteiger partial charge on any atom is 0.224 e. The van der Waals surface area contributed by atoms with Crippen LogP contribution in [0.5, 0.6) is 0 Å². The first-order chi connectivity index (χ1) is 7.97. The molecule has 2 N–H and O–H groups in total. The number of amides is 1. The Morgan fingerprint density at radius 1 is 1.47 bits per heavy atom. The summed E-state index contributed by atoms with van der Waals surface area (Å²) in [5.41, 5.74) is 0.732. The number of nitrogens with zero attached hydrogens (tertiary/aromatic N) is 2. The minimum Gasteiger partial charge on any atom is -0.335 e. The molecule has 1 atom stereocenters. The number of hydrogen-bond acceptors (Lipinski definition) is 4. The van der Waals surface area contributed by atoms with Crippen LogP contribution in [0.2, 0.25) is 0 Å². The molecule has 1 fully saturated rings. The molecule has 92 valence electrons. The molecule has 2 heterocycles. The third-order valence-corrected chi connectivity index (χ3v) is 3.97. The minimum absolute atomic E-state index is 0.0360. The lowest BCUT2D eigenvalue weighted by Crippen LogP contribution is -2.32. The summed E-state index contributed by atoms with van der Waals surface area (Å²) in [4.78, 5) is 17.2. The molecule has 0 aliphatic carbocycles. The van der Waals surface area contributed by atoms with Gasteiger partial charge in [0.2, 0.25) is 15.9 Å². The average Bonchev–Trinajstić information content (AvgIpc) is 2.62. The normalized spacial score (nSPS) is 20.9. The van der Waals surface area contributed by atoms with Crippen molar-refractivity contribution in [3.63, 3.8) is 0 Å². The quantitative estimate of drug-likeness (QED) is 0.785. The molecule has 1 aromatic rings. The summed E-state index contributed by atoms with van der Waals surface area (Å²) in [5, 5.41) is 4.24. The fourth-order valence-electron chi connectivity index (χ4n) is 1.80. The van der Waals surface area contributed by atoms with Crippen LogP contribution < -0.4 is 5.14 Å². The summed E-state index contributed by atoms with van der Waals surface area (Å²) in [5.74, 6) is -0.199. The van der Waals surface area contributed by atoms with Crippen LogP contribution in [0.4, 0.5) is 0 Å². The van der Waals surface area contributed by atoms with Crippen LogP contribution in [-0.2, 0) is 21.4 Å². The number of carbonyl (C=O) groups is 1. The lowest BCUT2D eigenvalue weighted by atomic mass is 10.3. The van der Waals surface area contributed by atoms with E-state index in [1.54, 1.807) is 18.3 Å². The standard InChI is InChI=1S/C10H13N3O3S/c11-17(15,16)9-5-10(14)13(7-9)6-8-3-1-2-4-12-8/h1-4,9H,5-7H2,(H2,11,15,16). The maximum atomic E-state index is 11.6. The maximum absolute atomic E-state index is 11.6. The van der Waals surface area contributed by atoms with Gasteiger partial charge in [-0.15, -0.1) is 0 Å². The van der Waals surface area contributed by atoms with E-state index in [9.17, 15) is 13.2 Å². The first-order valence-corrected chi connectivity index (χ1v) is 6.77. The predicted octanol–water partition coefficient (Wildman–Crippen LogP) is -0.529.